The predicted molar refractivity (Wildman–Crippen MR) is 287 cm³/mol. The Morgan fingerprint density at radius 3 is 1.72 bits per heavy atom. The number of aromatic nitrogens is 4. The zero-order chi connectivity index (χ0) is 52.5. The Bertz CT molecular complexity index is 3170. The average molecular weight is 1040 g/mol. The minimum Gasteiger partial charge on any atom is -0.497 e. The summed E-state index contributed by atoms with van der Waals surface area (Å²) in [5.74, 6) is 0.366. The third-order valence-corrected chi connectivity index (χ3v) is 16.2. The van der Waals surface area contributed by atoms with Crippen molar-refractivity contribution in [2.45, 2.75) is 74.1 Å². The molecule has 0 saturated carbocycles. The molecule has 1 unspecified atom stereocenters. The number of hydrogen-bond acceptors (Lipinski definition) is 14. The monoisotopic (exact) mass is 1040 g/mol. The smallest absolute Gasteiger partial charge is 0.434 e. The van der Waals surface area contributed by atoms with Crippen molar-refractivity contribution in [3.63, 3.8) is 0 Å². The summed E-state index contributed by atoms with van der Waals surface area (Å²) >= 11 is 0. The number of fused-ring (bicyclic) bond motifs is 2. The van der Waals surface area contributed by atoms with Crippen LogP contribution in [0.2, 0.25) is 0 Å². The van der Waals surface area contributed by atoms with Gasteiger partial charge in [-0.3, -0.25) is 28.4 Å². The van der Waals surface area contributed by atoms with E-state index in [9.17, 15) is 9.36 Å². The summed E-state index contributed by atoms with van der Waals surface area (Å²) in [5, 5.41) is 6.57. The number of rotatable bonds is 18. The van der Waals surface area contributed by atoms with Gasteiger partial charge >= 0.3 is 7.75 Å². The van der Waals surface area contributed by atoms with Gasteiger partial charge in [-0.2, -0.15) is 0 Å². The van der Waals surface area contributed by atoms with E-state index in [0.717, 1.165) is 39.8 Å². The minimum atomic E-state index is -4.32. The van der Waals surface area contributed by atoms with Gasteiger partial charge in [0.2, 0.25) is 5.91 Å². The molecular weight excluding hydrogens is 982 g/mol. The van der Waals surface area contributed by atoms with E-state index in [-0.39, 0.29) is 6.61 Å². The zero-order valence-electron chi connectivity index (χ0n) is 42.9. The van der Waals surface area contributed by atoms with Crippen LogP contribution >= 0.6 is 7.75 Å². The van der Waals surface area contributed by atoms with Crippen molar-refractivity contribution in [2.24, 2.45) is 0 Å². The van der Waals surface area contributed by atoms with E-state index in [4.69, 9.17) is 47.7 Å². The molecule has 390 valence electrons. The van der Waals surface area contributed by atoms with E-state index in [1.165, 1.54) is 13.4 Å². The number of anilines is 1. The molecule has 3 fully saturated rings. The molecule has 2 aromatic heterocycles. The molecule has 6 aromatic carbocycles. The summed E-state index contributed by atoms with van der Waals surface area (Å²) < 4.78 is 59.2. The zero-order valence-corrected chi connectivity index (χ0v) is 43.8. The Balaban J connectivity index is 0.881. The lowest BCUT2D eigenvalue weighted by Gasteiger charge is -2.46. The van der Waals surface area contributed by atoms with Crippen molar-refractivity contribution < 1.29 is 42.1 Å². The topological polar surface area (TPSA) is 170 Å². The summed E-state index contributed by atoms with van der Waals surface area (Å²) in [7, 11) is 0.218. The molecule has 76 heavy (non-hydrogen) atoms. The average Bonchev–Trinajstić information content (AvgIpc) is 4.31. The summed E-state index contributed by atoms with van der Waals surface area (Å²) in [4.78, 5) is 31.5. The molecule has 0 spiro atoms. The fraction of sp³-hybridized carbons (Fsp3) is 0.288. The van der Waals surface area contributed by atoms with Crippen LogP contribution in [0.3, 0.4) is 0 Å². The Morgan fingerprint density at radius 1 is 0.684 bits per heavy atom. The quantitative estimate of drug-likeness (QED) is 0.0615. The summed E-state index contributed by atoms with van der Waals surface area (Å²) in [6.07, 6.45) is 1.32. The van der Waals surface area contributed by atoms with Crippen molar-refractivity contribution in [2.75, 3.05) is 39.8 Å². The minimum absolute atomic E-state index is 0.281. The van der Waals surface area contributed by atoms with Crippen molar-refractivity contribution in [3.05, 3.63) is 216 Å². The van der Waals surface area contributed by atoms with Crippen LogP contribution in [0.4, 0.5) is 5.82 Å². The molecule has 0 radical (unpaired) electrons. The van der Waals surface area contributed by atoms with Crippen LogP contribution in [0.15, 0.2) is 183 Å². The van der Waals surface area contributed by atoms with Gasteiger partial charge in [0, 0.05) is 13.7 Å². The van der Waals surface area contributed by atoms with Crippen LogP contribution in [0.1, 0.15) is 66.3 Å². The maximum atomic E-state index is 14.8. The Morgan fingerprint density at radius 2 is 1.20 bits per heavy atom. The molecule has 11 rings (SSSR count). The first-order valence-corrected chi connectivity index (χ1v) is 26.9. The standard InChI is InChI=1S/C59H60N7O9P/c1-57(2)74-51-49(37-72-76(68,71-5)64-55(67)48-27-18-36-66(48)59(43-21-12-7-13-22-43,44-23-14-8-15-24-44)45-25-16-9-17-26-45)73-56(52(51)75-57)65-39-62-50-53(60-38-61-54(50)65)63-58(40-19-10-6-11-20-40,41-28-32-46(69-3)33-29-41)42-30-34-47(70-4)35-31-42/h6-17,19-26,28-35,38-39,48-49,51-52,56H,18,27,36-37H2,1-5H3,(H,60,61,63)(H,64,67,68)/t48-,49+,51+,52+,56+,76?/m0/s1. The largest absolute Gasteiger partial charge is 0.497 e. The molecule has 3 aliphatic rings. The van der Waals surface area contributed by atoms with Crippen molar-refractivity contribution in [1.82, 2.24) is 29.5 Å². The number of carbonyl (C=O) groups excluding carboxylic acids is 1. The van der Waals surface area contributed by atoms with Gasteiger partial charge in [0.15, 0.2) is 29.0 Å². The summed E-state index contributed by atoms with van der Waals surface area (Å²) in [6.45, 7) is 3.96. The summed E-state index contributed by atoms with van der Waals surface area (Å²) in [6, 6.07) is 55.8. The van der Waals surface area contributed by atoms with Crippen LogP contribution < -0.4 is 19.9 Å². The first kappa shape index (κ1) is 50.9. The number of benzene rings is 6. The van der Waals surface area contributed by atoms with Crippen LogP contribution in [0.25, 0.3) is 11.2 Å². The van der Waals surface area contributed by atoms with E-state index < -0.39 is 61.1 Å². The number of imidazole rings is 1. The van der Waals surface area contributed by atoms with Crippen molar-refractivity contribution in [3.8, 4) is 11.5 Å². The van der Waals surface area contributed by atoms with Gasteiger partial charge in [0.1, 0.15) is 41.7 Å². The highest BCUT2D eigenvalue weighted by Gasteiger charge is 2.57. The van der Waals surface area contributed by atoms with E-state index in [0.29, 0.717) is 41.4 Å². The molecule has 16 nitrogen and oxygen atoms in total. The van der Waals surface area contributed by atoms with Crippen LogP contribution in [0, 0.1) is 0 Å². The molecule has 0 aliphatic carbocycles. The van der Waals surface area contributed by atoms with Gasteiger partial charge < -0.3 is 29.0 Å². The maximum absolute atomic E-state index is 14.8. The van der Waals surface area contributed by atoms with Crippen molar-refractivity contribution in [1.29, 1.82) is 0 Å². The molecule has 6 atom stereocenters. The number of nitrogens with zero attached hydrogens (tertiary/aromatic N) is 5. The molecule has 5 heterocycles. The molecule has 17 heteroatoms. The first-order valence-electron chi connectivity index (χ1n) is 25.4. The second kappa shape index (κ2) is 21.0. The van der Waals surface area contributed by atoms with Crippen LogP contribution in [-0.2, 0) is 43.7 Å². The van der Waals surface area contributed by atoms with Crippen LogP contribution in [-0.4, -0.2) is 94.9 Å². The molecule has 2 N–H and O–H groups in total. The number of nitrogens with one attached hydrogen (secondary N) is 2. The second-order valence-corrected chi connectivity index (χ2v) is 21.3. The maximum Gasteiger partial charge on any atom is 0.434 e. The van der Waals surface area contributed by atoms with Gasteiger partial charge in [0.25, 0.3) is 0 Å². The van der Waals surface area contributed by atoms with Gasteiger partial charge in [-0.1, -0.05) is 146 Å². The Hall–Kier alpha value is -7.27. The highest BCUT2D eigenvalue weighted by molar-refractivity contribution is 7.52. The predicted octanol–water partition coefficient (Wildman–Crippen LogP) is 10.0. The second-order valence-electron chi connectivity index (χ2n) is 19.5. The third kappa shape index (κ3) is 9.23. The lowest BCUT2D eigenvalue weighted by Crippen LogP contribution is -2.54. The molecule has 1 amide bonds. The lowest BCUT2D eigenvalue weighted by atomic mass is 9.75. The highest BCUT2D eigenvalue weighted by Crippen LogP contribution is 2.51. The molecule has 8 aromatic rings. The van der Waals surface area contributed by atoms with Gasteiger partial charge in [-0.25, -0.2) is 19.5 Å². The van der Waals surface area contributed by atoms with E-state index >= 15 is 0 Å². The number of likely N-dealkylation sites (tertiary alicyclic amines) is 1. The molecular formula is C59H60N7O9P. The number of methoxy groups -OCH3 is 2. The molecule has 3 saturated heterocycles. The SMILES string of the molecule is COc1ccc(C(Nc2ncnc3c2ncn3[C@@H]2O[C@H](COP(=O)(NC(=O)[C@@H]3CCCN3C(c3ccccc3)(c3ccccc3)c3ccccc3)OC)[C@H]3OC(C)(C)O[C@H]32)(c2ccccc2)c2ccc(OC)cc2)cc1. The van der Waals surface area contributed by atoms with E-state index in [1.54, 1.807) is 25.1 Å². The third-order valence-electron chi connectivity index (χ3n) is 14.8. The van der Waals surface area contributed by atoms with Gasteiger partial charge in [-0.15, -0.1) is 0 Å². The Labute approximate surface area is 441 Å². The number of amides is 1. The first-order chi connectivity index (χ1) is 37.0. The van der Waals surface area contributed by atoms with Crippen molar-refractivity contribution >= 4 is 30.6 Å². The number of hydrogen-bond donors (Lipinski definition) is 2. The van der Waals surface area contributed by atoms with E-state index in [2.05, 4.69) is 63.8 Å². The highest BCUT2D eigenvalue weighted by atomic mass is 31.2. The lowest BCUT2D eigenvalue weighted by molar-refractivity contribution is -0.199. The molecule has 0 bridgehead atoms. The van der Waals surface area contributed by atoms with Gasteiger partial charge in [-0.05, 0) is 84.3 Å². The Kier molecular flexibility index (Phi) is 14.1. The summed E-state index contributed by atoms with van der Waals surface area (Å²) in [5.41, 5.74) is 4.77. The van der Waals surface area contributed by atoms with E-state index in [1.807, 2.05) is 135 Å². The normalized spacial score (nSPS) is 21.2. The van der Waals surface area contributed by atoms with Gasteiger partial charge in [0.05, 0.1) is 38.7 Å². The fourth-order valence-electron chi connectivity index (χ4n) is 11.4. The molecule has 3 aliphatic heterocycles. The number of carbonyl (C=O) groups is 1. The van der Waals surface area contributed by atoms with Crippen LogP contribution in [0.5, 0.6) is 11.5 Å². The number of ether oxygens (including phenoxy) is 5. The fourth-order valence-corrected chi connectivity index (χ4v) is 12.4.